The van der Waals surface area contributed by atoms with E-state index in [1.54, 1.807) is 0 Å². The molecule has 0 unspecified atom stereocenters. The first-order chi connectivity index (χ1) is 10.7. The predicted octanol–water partition coefficient (Wildman–Crippen LogP) is 6.37. The van der Waals surface area contributed by atoms with Crippen molar-refractivity contribution < 1.29 is 4.42 Å². The van der Waals surface area contributed by atoms with Gasteiger partial charge in [-0.05, 0) is 17.6 Å². The molecule has 1 heteroatoms. The summed E-state index contributed by atoms with van der Waals surface area (Å²) in [4.78, 5) is 0. The van der Waals surface area contributed by atoms with Gasteiger partial charge in [-0.3, -0.25) is 0 Å². The van der Waals surface area contributed by atoms with Crippen LogP contribution in [-0.2, 0) is 0 Å². The first kappa shape index (κ1) is 14.4. The number of hydrogen-bond acceptors (Lipinski definition) is 1. The van der Waals surface area contributed by atoms with Gasteiger partial charge in [0.1, 0.15) is 11.2 Å². The highest BCUT2D eigenvalue weighted by Crippen LogP contribution is 2.33. The Balaban J connectivity index is 2.02. The molecule has 3 aromatic rings. The van der Waals surface area contributed by atoms with E-state index in [0.717, 1.165) is 33.1 Å². The predicted molar refractivity (Wildman–Crippen MR) is 95.9 cm³/mol. The Morgan fingerprint density at radius 3 is 2.59 bits per heavy atom. The largest absolute Gasteiger partial charge is 0.455 e. The summed E-state index contributed by atoms with van der Waals surface area (Å²) in [5.74, 6) is 0.553. The van der Waals surface area contributed by atoms with Crippen molar-refractivity contribution in [3.63, 3.8) is 0 Å². The summed E-state index contributed by atoms with van der Waals surface area (Å²) in [5.41, 5.74) is 3.83. The van der Waals surface area contributed by atoms with E-state index in [0.29, 0.717) is 5.92 Å². The molecule has 0 saturated heterocycles. The smallest absolute Gasteiger partial charge is 0.143 e. The topological polar surface area (TPSA) is 13.1 Å². The van der Waals surface area contributed by atoms with Gasteiger partial charge in [0.05, 0.1) is 0 Å². The number of rotatable bonds is 4. The molecule has 0 spiro atoms. The highest BCUT2D eigenvalue weighted by atomic mass is 16.3. The molecule has 0 amide bonds. The molecule has 0 aliphatic carbocycles. The molecule has 2 aromatic carbocycles. The van der Waals surface area contributed by atoms with Crippen LogP contribution in [0.1, 0.15) is 19.4 Å². The Morgan fingerprint density at radius 1 is 1.00 bits per heavy atom. The van der Waals surface area contributed by atoms with E-state index in [1.807, 2.05) is 30.4 Å². The third-order valence-electron chi connectivity index (χ3n) is 3.65. The van der Waals surface area contributed by atoms with Crippen LogP contribution in [0.3, 0.4) is 0 Å². The van der Waals surface area contributed by atoms with Crippen molar-refractivity contribution in [2.24, 2.45) is 5.92 Å². The lowest BCUT2D eigenvalue weighted by Crippen LogP contribution is -1.80. The fraction of sp³-hybridized carbons (Fsp3) is 0.143. The van der Waals surface area contributed by atoms with E-state index in [2.05, 4.69) is 56.8 Å². The molecule has 0 N–H and O–H groups in total. The number of hydrogen-bond donors (Lipinski definition) is 0. The minimum Gasteiger partial charge on any atom is -0.455 e. The molecule has 0 fully saturated rings. The lowest BCUT2D eigenvalue weighted by molar-refractivity contribution is 0.668. The number of para-hydroxylation sites is 2. The maximum absolute atomic E-state index is 6.04. The van der Waals surface area contributed by atoms with Crippen LogP contribution in [0, 0.1) is 5.92 Å². The van der Waals surface area contributed by atoms with Gasteiger partial charge in [-0.15, -0.1) is 0 Å². The molecule has 1 heterocycles. The number of fused-ring (bicyclic) bond motifs is 3. The van der Waals surface area contributed by atoms with E-state index < -0.39 is 0 Å². The quantitative estimate of drug-likeness (QED) is 0.508. The molecule has 0 radical (unpaired) electrons. The number of furan rings is 1. The van der Waals surface area contributed by atoms with E-state index in [4.69, 9.17) is 4.42 Å². The zero-order chi connectivity index (χ0) is 15.5. The molecular weight excluding hydrogens is 268 g/mol. The summed E-state index contributed by atoms with van der Waals surface area (Å²) in [6.45, 7) is 8.50. The highest BCUT2D eigenvalue weighted by molar-refractivity contribution is 6.08. The van der Waals surface area contributed by atoms with Crippen LogP contribution in [0.25, 0.3) is 27.5 Å². The molecule has 0 saturated carbocycles. The van der Waals surface area contributed by atoms with Crippen molar-refractivity contribution in [2.75, 3.05) is 0 Å². The van der Waals surface area contributed by atoms with Crippen LogP contribution in [0.15, 0.2) is 77.8 Å². The fourth-order valence-electron chi connectivity index (χ4n) is 2.55. The summed E-state index contributed by atoms with van der Waals surface area (Å²) in [5, 5.41) is 2.29. The van der Waals surface area contributed by atoms with Crippen molar-refractivity contribution in [1.29, 1.82) is 0 Å². The standard InChI is InChI=1S/C21H20O/c1-15(2)9-4-5-10-16(3)17-12-8-13-19-18-11-6-7-14-20(18)22-21(17)19/h4-15H,3H2,1-2H3. The Morgan fingerprint density at radius 2 is 1.77 bits per heavy atom. The minimum absolute atomic E-state index is 0.553. The molecule has 3 rings (SSSR count). The molecule has 1 aromatic heterocycles. The van der Waals surface area contributed by atoms with Gasteiger partial charge in [-0.2, -0.15) is 0 Å². The van der Waals surface area contributed by atoms with E-state index in [1.165, 1.54) is 0 Å². The fourth-order valence-corrected chi connectivity index (χ4v) is 2.55. The Bertz CT molecular complexity index is 875. The van der Waals surface area contributed by atoms with Gasteiger partial charge in [0.25, 0.3) is 0 Å². The van der Waals surface area contributed by atoms with Crippen LogP contribution >= 0.6 is 0 Å². The van der Waals surface area contributed by atoms with Gasteiger partial charge in [0, 0.05) is 16.3 Å². The lowest BCUT2D eigenvalue weighted by atomic mass is 10.0. The second kappa shape index (κ2) is 6.07. The van der Waals surface area contributed by atoms with Gasteiger partial charge < -0.3 is 4.42 Å². The Kier molecular flexibility index (Phi) is 3.97. The number of allylic oxidation sites excluding steroid dienone is 5. The first-order valence-electron chi connectivity index (χ1n) is 7.61. The van der Waals surface area contributed by atoms with Gasteiger partial charge in [-0.1, -0.05) is 81.1 Å². The average Bonchev–Trinajstić information content (AvgIpc) is 2.89. The summed E-state index contributed by atoms with van der Waals surface area (Å²) in [7, 11) is 0. The second-order valence-electron chi connectivity index (χ2n) is 5.79. The molecular formula is C21H20O. The van der Waals surface area contributed by atoms with Gasteiger partial charge in [-0.25, -0.2) is 0 Å². The maximum Gasteiger partial charge on any atom is 0.143 e. The summed E-state index contributed by atoms with van der Waals surface area (Å²) < 4.78 is 6.04. The van der Waals surface area contributed by atoms with E-state index in [-0.39, 0.29) is 0 Å². The van der Waals surface area contributed by atoms with Crippen LogP contribution in [0.5, 0.6) is 0 Å². The van der Waals surface area contributed by atoms with Crippen molar-refractivity contribution in [1.82, 2.24) is 0 Å². The van der Waals surface area contributed by atoms with Crippen LogP contribution in [0.4, 0.5) is 0 Å². The van der Waals surface area contributed by atoms with Crippen LogP contribution in [-0.4, -0.2) is 0 Å². The SMILES string of the molecule is C=C(C=CC=CC(C)C)c1cccc2c1oc1ccccc12. The zero-order valence-electron chi connectivity index (χ0n) is 13.0. The van der Waals surface area contributed by atoms with E-state index in [9.17, 15) is 0 Å². The molecule has 0 bridgehead atoms. The normalized spacial score (nSPS) is 12.3. The molecule has 110 valence electrons. The summed E-state index contributed by atoms with van der Waals surface area (Å²) >= 11 is 0. The maximum atomic E-state index is 6.04. The molecule has 0 aliphatic heterocycles. The number of benzene rings is 2. The van der Waals surface area contributed by atoms with Crippen LogP contribution in [0.2, 0.25) is 0 Å². The molecule has 1 nitrogen and oxygen atoms in total. The van der Waals surface area contributed by atoms with Crippen molar-refractivity contribution in [2.45, 2.75) is 13.8 Å². The van der Waals surface area contributed by atoms with Gasteiger partial charge >= 0.3 is 0 Å². The van der Waals surface area contributed by atoms with Crippen LogP contribution < -0.4 is 0 Å². The lowest BCUT2D eigenvalue weighted by Gasteiger charge is -2.01. The zero-order valence-corrected chi connectivity index (χ0v) is 13.0. The van der Waals surface area contributed by atoms with Crippen molar-refractivity contribution >= 4 is 27.5 Å². The average molecular weight is 288 g/mol. The third kappa shape index (κ3) is 2.75. The van der Waals surface area contributed by atoms with Crippen molar-refractivity contribution in [3.8, 4) is 0 Å². The summed E-state index contributed by atoms with van der Waals surface area (Å²) in [6.07, 6.45) is 8.28. The van der Waals surface area contributed by atoms with Gasteiger partial charge in [0.15, 0.2) is 0 Å². The minimum atomic E-state index is 0.553. The third-order valence-corrected chi connectivity index (χ3v) is 3.65. The van der Waals surface area contributed by atoms with Crippen molar-refractivity contribution in [3.05, 3.63) is 78.9 Å². The molecule has 0 aliphatic rings. The highest BCUT2D eigenvalue weighted by Gasteiger charge is 2.10. The first-order valence-corrected chi connectivity index (χ1v) is 7.61. The van der Waals surface area contributed by atoms with Gasteiger partial charge in [0.2, 0.25) is 0 Å². The molecule has 22 heavy (non-hydrogen) atoms. The Hall–Kier alpha value is -2.54. The monoisotopic (exact) mass is 288 g/mol. The van der Waals surface area contributed by atoms with E-state index >= 15 is 0 Å². The Labute approximate surface area is 131 Å². The molecule has 0 atom stereocenters. The second-order valence-corrected chi connectivity index (χ2v) is 5.79. The summed E-state index contributed by atoms with van der Waals surface area (Å²) in [6, 6.07) is 14.3.